The van der Waals surface area contributed by atoms with Gasteiger partial charge in [0.25, 0.3) is 5.91 Å². The number of nitrogens with zero attached hydrogens (tertiary/aromatic N) is 4. The zero-order valence-electron chi connectivity index (χ0n) is 14.7. The zero-order chi connectivity index (χ0) is 18.6. The van der Waals surface area contributed by atoms with E-state index in [2.05, 4.69) is 20.4 Å². The normalized spacial score (nSPS) is 16.4. The molecule has 0 spiro atoms. The number of carbonyl (C=O) groups is 2. The number of rotatable bonds is 4. The number of H-pyrrole nitrogens is 1. The van der Waals surface area contributed by atoms with Crippen LogP contribution in [0.1, 0.15) is 21.7 Å². The molecule has 1 aliphatic rings. The number of hydrogen-bond acceptors (Lipinski definition) is 4. The van der Waals surface area contributed by atoms with Crippen molar-refractivity contribution in [1.29, 1.82) is 0 Å². The SMILES string of the molecule is O=C(NCc1ccccc1)C1CN(C(=O)c2cc[nH]c2)Cc2ncnn2C1. The minimum absolute atomic E-state index is 0.103. The number of carbonyl (C=O) groups excluding carboxylic acids is 2. The fraction of sp³-hybridized carbons (Fsp3) is 0.263. The summed E-state index contributed by atoms with van der Waals surface area (Å²) in [4.78, 5) is 34.4. The first-order valence-corrected chi connectivity index (χ1v) is 8.81. The highest BCUT2D eigenvalue weighted by molar-refractivity contribution is 5.94. The van der Waals surface area contributed by atoms with Crippen molar-refractivity contribution in [3.05, 3.63) is 72.1 Å². The van der Waals surface area contributed by atoms with Gasteiger partial charge in [-0.3, -0.25) is 9.59 Å². The fourth-order valence-electron chi connectivity index (χ4n) is 3.22. The number of aromatic nitrogens is 4. The van der Waals surface area contributed by atoms with E-state index >= 15 is 0 Å². The maximum Gasteiger partial charge on any atom is 0.255 e. The van der Waals surface area contributed by atoms with Crippen LogP contribution in [0.15, 0.2) is 55.1 Å². The molecule has 4 rings (SSSR count). The third-order valence-corrected chi connectivity index (χ3v) is 4.67. The molecule has 3 heterocycles. The smallest absolute Gasteiger partial charge is 0.255 e. The molecule has 0 aliphatic carbocycles. The maximum atomic E-state index is 12.8. The predicted octanol–water partition coefficient (Wildman–Crippen LogP) is 1.19. The Hall–Kier alpha value is -3.42. The molecule has 8 heteroatoms. The van der Waals surface area contributed by atoms with E-state index in [0.717, 1.165) is 5.56 Å². The summed E-state index contributed by atoms with van der Waals surface area (Å²) in [6, 6.07) is 11.5. The quantitative estimate of drug-likeness (QED) is 0.727. The molecule has 0 radical (unpaired) electrons. The van der Waals surface area contributed by atoms with Crippen LogP contribution in [0.3, 0.4) is 0 Å². The van der Waals surface area contributed by atoms with Crippen LogP contribution < -0.4 is 5.32 Å². The molecular weight excluding hydrogens is 344 g/mol. The Balaban J connectivity index is 1.51. The number of aromatic amines is 1. The molecular formula is C19H20N6O2. The van der Waals surface area contributed by atoms with E-state index in [9.17, 15) is 9.59 Å². The van der Waals surface area contributed by atoms with Crippen LogP contribution in [0.5, 0.6) is 0 Å². The highest BCUT2D eigenvalue weighted by atomic mass is 16.2. The fourth-order valence-corrected chi connectivity index (χ4v) is 3.22. The summed E-state index contributed by atoms with van der Waals surface area (Å²) in [5.74, 6) is 0.0411. The van der Waals surface area contributed by atoms with E-state index in [1.165, 1.54) is 6.33 Å². The average molecular weight is 364 g/mol. The Morgan fingerprint density at radius 1 is 1.19 bits per heavy atom. The topological polar surface area (TPSA) is 95.9 Å². The Morgan fingerprint density at radius 2 is 2.04 bits per heavy atom. The van der Waals surface area contributed by atoms with Crippen LogP contribution in [-0.2, 0) is 24.4 Å². The van der Waals surface area contributed by atoms with Crippen molar-refractivity contribution < 1.29 is 9.59 Å². The summed E-state index contributed by atoms with van der Waals surface area (Å²) in [5.41, 5.74) is 1.59. The van der Waals surface area contributed by atoms with Crippen molar-refractivity contribution in [2.24, 2.45) is 5.92 Å². The standard InChI is InChI=1S/C19H20N6O2/c26-18(21-8-14-4-2-1-3-5-14)16-10-24(19(27)15-6-7-20-9-15)12-17-22-13-23-25(17)11-16/h1-7,9,13,16,20H,8,10-12H2,(H,21,26). The van der Waals surface area contributed by atoms with Gasteiger partial charge in [0.2, 0.25) is 5.91 Å². The molecule has 1 atom stereocenters. The van der Waals surface area contributed by atoms with Gasteiger partial charge >= 0.3 is 0 Å². The molecule has 138 valence electrons. The molecule has 1 aliphatic heterocycles. The van der Waals surface area contributed by atoms with E-state index in [-0.39, 0.29) is 11.8 Å². The first-order chi connectivity index (χ1) is 13.2. The average Bonchev–Trinajstić information content (AvgIpc) is 3.35. The second-order valence-electron chi connectivity index (χ2n) is 6.54. The van der Waals surface area contributed by atoms with Gasteiger partial charge in [0.1, 0.15) is 12.2 Å². The minimum Gasteiger partial charge on any atom is -0.367 e. The van der Waals surface area contributed by atoms with Gasteiger partial charge in [0.15, 0.2) is 0 Å². The van der Waals surface area contributed by atoms with Crippen LogP contribution in [0.25, 0.3) is 0 Å². The first kappa shape index (κ1) is 17.0. The number of benzene rings is 1. The Kier molecular flexibility index (Phi) is 4.69. The number of nitrogens with one attached hydrogen (secondary N) is 2. The summed E-state index contributed by atoms with van der Waals surface area (Å²) >= 11 is 0. The largest absolute Gasteiger partial charge is 0.367 e. The highest BCUT2D eigenvalue weighted by Crippen LogP contribution is 2.17. The summed E-state index contributed by atoms with van der Waals surface area (Å²) in [6.45, 7) is 1.49. The predicted molar refractivity (Wildman–Crippen MR) is 97.3 cm³/mol. The van der Waals surface area contributed by atoms with Crippen LogP contribution in [0.2, 0.25) is 0 Å². The molecule has 8 nitrogen and oxygen atoms in total. The molecule has 2 aromatic heterocycles. The van der Waals surface area contributed by atoms with Crippen LogP contribution in [-0.4, -0.2) is 43.0 Å². The zero-order valence-corrected chi connectivity index (χ0v) is 14.7. The number of hydrogen-bond donors (Lipinski definition) is 2. The third kappa shape index (κ3) is 3.74. The van der Waals surface area contributed by atoms with Crippen molar-refractivity contribution >= 4 is 11.8 Å². The molecule has 1 aromatic carbocycles. The van der Waals surface area contributed by atoms with Crippen LogP contribution in [0.4, 0.5) is 0 Å². The van der Waals surface area contributed by atoms with Gasteiger partial charge in [-0.05, 0) is 11.6 Å². The molecule has 0 saturated carbocycles. The second kappa shape index (κ2) is 7.45. The lowest BCUT2D eigenvalue weighted by atomic mass is 10.1. The van der Waals surface area contributed by atoms with Crippen molar-refractivity contribution in [2.75, 3.05) is 6.54 Å². The summed E-state index contributed by atoms with van der Waals surface area (Å²) in [6.07, 6.45) is 4.82. The molecule has 2 amide bonds. The van der Waals surface area contributed by atoms with Gasteiger partial charge < -0.3 is 15.2 Å². The molecule has 0 fully saturated rings. The lowest BCUT2D eigenvalue weighted by Gasteiger charge is -2.23. The first-order valence-electron chi connectivity index (χ1n) is 8.81. The van der Waals surface area contributed by atoms with Gasteiger partial charge in [-0.15, -0.1) is 0 Å². The highest BCUT2D eigenvalue weighted by Gasteiger charge is 2.31. The number of amides is 2. The molecule has 27 heavy (non-hydrogen) atoms. The van der Waals surface area contributed by atoms with Crippen LogP contribution >= 0.6 is 0 Å². The Morgan fingerprint density at radius 3 is 2.81 bits per heavy atom. The molecule has 3 aromatic rings. The van der Waals surface area contributed by atoms with Gasteiger partial charge in [-0.1, -0.05) is 30.3 Å². The van der Waals surface area contributed by atoms with Gasteiger partial charge in [0, 0.05) is 25.5 Å². The molecule has 0 saturated heterocycles. The molecule has 2 N–H and O–H groups in total. The minimum atomic E-state index is -0.403. The van der Waals surface area contributed by atoms with E-state index in [4.69, 9.17) is 0 Å². The second-order valence-corrected chi connectivity index (χ2v) is 6.54. The lowest BCUT2D eigenvalue weighted by Crippen LogP contribution is -2.41. The number of fused-ring (bicyclic) bond motifs is 1. The summed E-state index contributed by atoms with van der Waals surface area (Å²) in [5, 5.41) is 7.17. The van der Waals surface area contributed by atoms with Crippen molar-refractivity contribution in [3.63, 3.8) is 0 Å². The summed E-state index contributed by atoms with van der Waals surface area (Å²) in [7, 11) is 0. The Bertz CT molecular complexity index is 919. The Labute approximate surface area is 156 Å². The maximum absolute atomic E-state index is 12.8. The van der Waals surface area contributed by atoms with Crippen LogP contribution in [0, 0.1) is 5.92 Å². The van der Waals surface area contributed by atoms with E-state index < -0.39 is 5.92 Å². The van der Waals surface area contributed by atoms with Crippen molar-refractivity contribution in [3.8, 4) is 0 Å². The molecule has 0 bridgehead atoms. The van der Waals surface area contributed by atoms with Gasteiger partial charge in [0.05, 0.1) is 24.6 Å². The monoisotopic (exact) mass is 364 g/mol. The third-order valence-electron chi connectivity index (χ3n) is 4.67. The summed E-state index contributed by atoms with van der Waals surface area (Å²) < 4.78 is 1.71. The molecule has 1 unspecified atom stereocenters. The van der Waals surface area contributed by atoms with E-state index in [1.807, 2.05) is 30.3 Å². The van der Waals surface area contributed by atoms with Gasteiger partial charge in [-0.2, -0.15) is 5.10 Å². The lowest BCUT2D eigenvalue weighted by molar-refractivity contribution is -0.125. The van der Waals surface area contributed by atoms with Gasteiger partial charge in [-0.25, -0.2) is 9.67 Å². The van der Waals surface area contributed by atoms with E-state index in [0.29, 0.717) is 37.6 Å². The van der Waals surface area contributed by atoms with Crippen molar-refractivity contribution in [2.45, 2.75) is 19.6 Å². The van der Waals surface area contributed by atoms with Crippen molar-refractivity contribution in [1.82, 2.24) is 30.0 Å². The van der Waals surface area contributed by atoms with E-state index in [1.54, 1.807) is 28.0 Å².